The fraction of sp³-hybridized carbons (Fsp3) is 0.867. The highest BCUT2D eigenvalue weighted by Gasteiger charge is 2.39. The highest BCUT2D eigenvalue weighted by atomic mass is 16.4. The number of rotatable bonds is 5. The Morgan fingerprint density at radius 2 is 1.65 bits per heavy atom. The summed E-state index contributed by atoms with van der Waals surface area (Å²) in [6.45, 7) is 6.67. The van der Waals surface area contributed by atoms with E-state index < -0.39 is 11.5 Å². The molecule has 1 rings (SSSR count). The first-order valence-electron chi connectivity index (χ1n) is 7.55. The van der Waals surface area contributed by atoms with E-state index in [1.165, 1.54) is 0 Å². The first-order valence-corrected chi connectivity index (χ1v) is 7.55. The van der Waals surface area contributed by atoms with Crippen molar-refractivity contribution in [3.63, 3.8) is 0 Å². The predicted molar refractivity (Wildman–Crippen MR) is 78.6 cm³/mol. The summed E-state index contributed by atoms with van der Waals surface area (Å²) in [4.78, 5) is 23.6. The molecule has 3 N–H and O–H groups in total. The monoisotopic (exact) mass is 284 g/mol. The number of carboxylic acids is 1. The topological polar surface area (TPSA) is 78.4 Å². The number of nitrogens with one attached hydrogen (secondary N) is 2. The quantitative estimate of drug-likeness (QED) is 0.675. The summed E-state index contributed by atoms with van der Waals surface area (Å²) in [7, 11) is 0. The molecule has 116 valence electrons. The van der Waals surface area contributed by atoms with Gasteiger partial charge < -0.3 is 15.7 Å². The van der Waals surface area contributed by atoms with E-state index in [4.69, 9.17) is 0 Å². The van der Waals surface area contributed by atoms with Crippen LogP contribution in [0.5, 0.6) is 0 Å². The number of carbonyl (C=O) groups excluding carboxylic acids is 1. The lowest BCUT2D eigenvalue weighted by Crippen LogP contribution is -2.54. The molecular formula is C15H28N2O3. The van der Waals surface area contributed by atoms with Crippen LogP contribution < -0.4 is 10.6 Å². The zero-order valence-corrected chi connectivity index (χ0v) is 12.9. The van der Waals surface area contributed by atoms with Crippen LogP contribution in [0.15, 0.2) is 0 Å². The summed E-state index contributed by atoms with van der Waals surface area (Å²) in [6.07, 6.45) is 5.24. The predicted octanol–water partition coefficient (Wildman–Crippen LogP) is 2.06. The Morgan fingerprint density at radius 1 is 1.10 bits per heavy atom. The molecule has 0 bridgehead atoms. The van der Waals surface area contributed by atoms with Gasteiger partial charge in [-0.1, -0.05) is 25.7 Å². The molecule has 0 unspecified atom stereocenters. The molecule has 1 aliphatic carbocycles. The summed E-state index contributed by atoms with van der Waals surface area (Å²) in [5, 5.41) is 15.5. The van der Waals surface area contributed by atoms with Gasteiger partial charge in [-0.3, -0.25) is 4.79 Å². The number of carbonyl (C=O) groups is 2. The van der Waals surface area contributed by atoms with E-state index in [1.807, 2.05) is 20.8 Å². The SMILES string of the molecule is CC(C)(C)NCCC(=O)NC1(C(=O)O)CCCCCC1. The van der Waals surface area contributed by atoms with E-state index in [0.717, 1.165) is 25.7 Å². The lowest BCUT2D eigenvalue weighted by molar-refractivity contribution is -0.148. The van der Waals surface area contributed by atoms with Crippen molar-refractivity contribution in [2.75, 3.05) is 6.54 Å². The fourth-order valence-corrected chi connectivity index (χ4v) is 2.60. The Bertz CT molecular complexity index is 340. The summed E-state index contributed by atoms with van der Waals surface area (Å²) in [5.41, 5.74) is -1.08. The molecule has 5 heteroatoms. The average Bonchev–Trinajstić information content (AvgIpc) is 2.53. The Morgan fingerprint density at radius 3 is 2.10 bits per heavy atom. The van der Waals surface area contributed by atoms with Crippen molar-refractivity contribution < 1.29 is 14.7 Å². The second kappa shape index (κ2) is 7.07. The summed E-state index contributed by atoms with van der Waals surface area (Å²) < 4.78 is 0. The lowest BCUT2D eigenvalue weighted by atomic mass is 9.90. The maximum absolute atomic E-state index is 12.0. The van der Waals surface area contributed by atoms with E-state index in [9.17, 15) is 14.7 Å². The van der Waals surface area contributed by atoms with E-state index in [1.54, 1.807) is 0 Å². The Kier molecular flexibility index (Phi) is 5.99. The largest absolute Gasteiger partial charge is 0.480 e. The number of hydrogen-bond donors (Lipinski definition) is 3. The van der Waals surface area contributed by atoms with Gasteiger partial charge in [0.25, 0.3) is 0 Å². The molecule has 5 nitrogen and oxygen atoms in total. The second-order valence-electron chi connectivity index (χ2n) is 6.78. The molecule has 20 heavy (non-hydrogen) atoms. The van der Waals surface area contributed by atoms with E-state index >= 15 is 0 Å². The highest BCUT2D eigenvalue weighted by Crippen LogP contribution is 2.27. The zero-order chi connectivity index (χ0) is 15.2. The van der Waals surface area contributed by atoms with E-state index in [0.29, 0.717) is 25.8 Å². The molecule has 0 spiro atoms. The highest BCUT2D eigenvalue weighted by molar-refractivity contribution is 5.87. The molecule has 0 aliphatic heterocycles. The van der Waals surface area contributed by atoms with Gasteiger partial charge in [0, 0.05) is 18.5 Å². The van der Waals surface area contributed by atoms with Crippen LogP contribution in [0.2, 0.25) is 0 Å². The van der Waals surface area contributed by atoms with Crippen molar-refractivity contribution in [1.29, 1.82) is 0 Å². The Balaban J connectivity index is 2.53. The third-order valence-electron chi connectivity index (χ3n) is 3.75. The summed E-state index contributed by atoms with van der Waals surface area (Å²) >= 11 is 0. The number of amides is 1. The van der Waals surface area contributed by atoms with Crippen molar-refractivity contribution >= 4 is 11.9 Å². The second-order valence-corrected chi connectivity index (χ2v) is 6.78. The van der Waals surface area contributed by atoms with Crippen LogP contribution in [0.4, 0.5) is 0 Å². The summed E-state index contributed by atoms with van der Waals surface area (Å²) in [5.74, 6) is -1.07. The van der Waals surface area contributed by atoms with Gasteiger partial charge >= 0.3 is 5.97 Å². The standard InChI is InChI=1S/C15H28N2O3/c1-14(2,3)16-11-8-12(18)17-15(13(19)20)9-6-4-5-7-10-15/h16H,4-11H2,1-3H3,(H,17,18)(H,19,20). The van der Waals surface area contributed by atoms with Crippen molar-refractivity contribution in [3.8, 4) is 0 Å². The molecular weight excluding hydrogens is 256 g/mol. The molecule has 1 saturated carbocycles. The van der Waals surface area contributed by atoms with Crippen molar-refractivity contribution in [2.24, 2.45) is 0 Å². The third-order valence-corrected chi connectivity index (χ3v) is 3.75. The van der Waals surface area contributed by atoms with Gasteiger partial charge in [-0.05, 0) is 33.6 Å². The number of aliphatic carboxylic acids is 1. The molecule has 0 saturated heterocycles. The van der Waals surface area contributed by atoms with Gasteiger partial charge in [-0.25, -0.2) is 4.79 Å². The minimum Gasteiger partial charge on any atom is -0.480 e. The molecule has 0 aromatic heterocycles. The molecule has 0 heterocycles. The zero-order valence-electron chi connectivity index (χ0n) is 12.9. The molecule has 1 amide bonds. The first kappa shape index (κ1) is 17.0. The van der Waals surface area contributed by atoms with Crippen molar-refractivity contribution in [1.82, 2.24) is 10.6 Å². The van der Waals surface area contributed by atoms with E-state index in [-0.39, 0.29) is 11.4 Å². The van der Waals surface area contributed by atoms with Crippen LogP contribution in [0.25, 0.3) is 0 Å². The average molecular weight is 284 g/mol. The van der Waals surface area contributed by atoms with Gasteiger partial charge in [0.1, 0.15) is 5.54 Å². The molecule has 0 atom stereocenters. The number of hydrogen-bond acceptors (Lipinski definition) is 3. The van der Waals surface area contributed by atoms with Gasteiger partial charge in [0.15, 0.2) is 0 Å². The van der Waals surface area contributed by atoms with Crippen LogP contribution in [-0.2, 0) is 9.59 Å². The van der Waals surface area contributed by atoms with Crippen molar-refractivity contribution in [2.45, 2.75) is 76.8 Å². The maximum atomic E-state index is 12.0. The summed E-state index contributed by atoms with van der Waals surface area (Å²) in [6, 6.07) is 0. The van der Waals surface area contributed by atoms with Crippen molar-refractivity contribution in [3.05, 3.63) is 0 Å². The number of carboxylic acid groups (broad SMARTS) is 1. The normalized spacial score (nSPS) is 19.1. The molecule has 0 aromatic rings. The molecule has 1 fully saturated rings. The van der Waals surface area contributed by atoms with Crippen LogP contribution in [-0.4, -0.2) is 34.6 Å². The van der Waals surface area contributed by atoms with Crippen LogP contribution in [0.1, 0.15) is 65.7 Å². The Labute approximate surface area is 121 Å². The minimum atomic E-state index is -1.05. The van der Waals surface area contributed by atoms with Gasteiger partial charge in [-0.15, -0.1) is 0 Å². The van der Waals surface area contributed by atoms with E-state index in [2.05, 4.69) is 10.6 Å². The molecule has 1 aliphatic rings. The van der Waals surface area contributed by atoms with Crippen LogP contribution in [0, 0.1) is 0 Å². The minimum absolute atomic E-state index is 0.0346. The first-order chi connectivity index (χ1) is 9.25. The fourth-order valence-electron chi connectivity index (χ4n) is 2.60. The third kappa shape index (κ3) is 5.49. The smallest absolute Gasteiger partial charge is 0.329 e. The molecule has 0 radical (unpaired) electrons. The van der Waals surface area contributed by atoms with Crippen LogP contribution >= 0.6 is 0 Å². The van der Waals surface area contributed by atoms with Crippen LogP contribution in [0.3, 0.4) is 0 Å². The Hall–Kier alpha value is -1.10. The maximum Gasteiger partial charge on any atom is 0.329 e. The van der Waals surface area contributed by atoms with Gasteiger partial charge in [-0.2, -0.15) is 0 Å². The van der Waals surface area contributed by atoms with Gasteiger partial charge in [0.05, 0.1) is 0 Å². The molecule has 0 aromatic carbocycles. The lowest BCUT2D eigenvalue weighted by Gasteiger charge is -2.29. The van der Waals surface area contributed by atoms with Gasteiger partial charge in [0.2, 0.25) is 5.91 Å².